The first-order valence-electron chi connectivity index (χ1n) is 9.14. The number of hydrogen-bond donors (Lipinski definition) is 1. The van der Waals surface area contributed by atoms with Crippen LogP contribution in [0.25, 0.3) is 0 Å². The smallest absolute Gasteiger partial charge is 0.275 e. The second kappa shape index (κ2) is 7.97. The highest BCUT2D eigenvalue weighted by Crippen LogP contribution is 2.18. The summed E-state index contributed by atoms with van der Waals surface area (Å²) in [6.45, 7) is 7.11. The van der Waals surface area contributed by atoms with Crippen LogP contribution < -0.4 is 5.73 Å². The van der Waals surface area contributed by atoms with E-state index in [1.807, 2.05) is 44.1 Å². The molecule has 3 heterocycles. The monoisotopic (exact) mass is 356 g/mol. The molecule has 1 aliphatic heterocycles. The fourth-order valence-electron chi connectivity index (χ4n) is 3.39. The molecule has 1 fully saturated rings. The third-order valence-corrected chi connectivity index (χ3v) is 4.77. The Morgan fingerprint density at radius 2 is 2.27 bits per heavy atom. The Morgan fingerprint density at radius 1 is 1.46 bits per heavy atom. The van der Waals surface area contributed by atoms with Crippen LogP contribution in [0, 0.1) is 0 Å². The van der Waals surface area contributed by atoms with E-state index in [4.69, 9.17) is 5.73 Å². The summed E-state index contributed by atoms with van der Waals surface area (Å²) in [6, 6.07) is 4.17. The molecular formula is C19H28N6O. The third-order valence-electron chi connectivity index (χ3n) is 4.77. The van der Waals surface area contributed by atoms with Crippen LogP contribution in [0.15, 0.2) is 30.7 Å². The summed E-state index contributed by atoms with van der Waals surface area (Å²) in [6.07, 6.45) is 6.48. The Kier molecular flexibility index (Phi) is 5.68. The van der Waals surface area contributed by atoms with Crippen molar-refractivity contribution < 1.29 is 4.79 Å². The lowest BCUT2D eigenvalue weighted by atomic mass is 10.1. The predicted octanol–water partition coefficient (Wildman–Crippen LogP) is 1.40. The lowest BCUT2D eigenvalue weighted by molar-refractivity contribution is 0.0681. The molecule has 7 heteroatoms. The predicted molar refractivity (Wildman–Crippen MR) is 100 cm³/mol. The van der Waals surface area contributed by atoms with E-state index < -0.39 is 0 Å². The van der Waals surface area contributed by atoms with Crippen LogP contribution in [-0.4, -0.2) is 55.6 Å². The Morgan fingerprint density at radius 3 is 2.88 bits per heavy atom. The first-order valence-corrected chi connectivity index (χ1v) is 9.14. The number of nitrogens with two attached hydrogens (primary N) is 1. The standard InChI is InChI=1S/C19H28N6O/c1-14(2)25(10-15-5-4-7-21-9-15)19(26)18-16(11-23(3)22-18)12-24-8-6-17(20)13-24/h4-5,7,9,11,14,17H,6,8,10,12-13,20H2,1-3H3. The Labute approximate surface area is 154 Å². The zero-order valence-electron chi connectivity index (χ0n) is 15.8. The minimum atomic E-state index is -0.0389. The van der Waals surface area contributed by atoms with Crippen molar-refractivity contribution in [2.75, 3.05) is 13.1 Å². The molecule has 0 saturated carbocycles. The molecular weight excluding hydrogens is 328 g/mol. The maximum absolute atomic E-state index is 13.2. The zero-order chi connectivity index (χ0) is 18.7. The molecule has 2 aromatic rings. The summed E-state index contributed by atoms with van der Waals surface area (Å²) >= 11 is 0. The highest BCUT2D eigenvalue weighted by Gasteiger charge is 2.27. The molecule has 0 aliphatic carbocycles. The van der Waals surface area contributed by atoms with Gasteiger partial charge < -0.3 is 10.6 Å². The molecule has 7 nitrogen and oxygen atoms in total. The first kappa shape index (κ1) is 18.5. The second-order valence-electron chi connectivity index (χ2n) is 7.35. The van der Waals surface area contributed by atoms with E-state index in [1.165, 1.54) is 0 Å². The number of aromatic nitrogens is 3. The van der Waals surface area contributed by atoms with Gasteiger partial charge in [-0.15, -0.1) is 0 Å². The van der Waals surface area contributed by atoms with Crippen LogP contribution in [0.5, 0.6) is 0 Å². The van der Waals surface area contributed by atoms with E-state index in [2.05, 4.69) is 15.0 Å². The molecule has 26 heavy (non-hydrogen) atoms. The average Bonchev–Trinajstić information content (AvgIpc) is 3.18. The van der Waals surface area contributed by atoms with Crippen molar-refractivity contribution in [3.63, 3.8) is 0 Å². The lowest BCUT2D eigenvalue weighted by Crippen LogP contribution is -2.37. The summed E-state index contributed by atoms with van der Waals surface area (Å²) in [5, 5.41) is 4.47. The number of hydrogen-bond acceptors (Lipinski definition) is 5. The van der Waals surface area contributed by atoms with Gasteiger partial charge >= 0.3 is 0 Å². The Hall–Kier alpha value is -2.25. The molecule has 0 spiro atoms. The van der Waals surface area contributed by atoms with Gasteiger partial charge in [-0.1, -0.05) is 6.07 Å². The van der Waals surface area contributed by atoms with Crippen LogP contribution in [0.1, 0.15) is 41.9 Å². The molecule has 1 unspecified atom stereocenters. The van der Waals surface area contributed by atoms with Gasteiger partial charge in [-0.25, -0.2) is 0 Å². The van der Waals surface area contributed by atoms with Crippen molar-refractivity contribution in [2.24, 2.45) is 12.8 Å². The fourth-order valence-corrected chi connectivity index (χ4v) is 3.39. The van der Waals surface area contributed by atoms with Crippen LogP contribution in [-0.2, 0) is 20.1 Å². The SMILES string of the molecule is CC(C)N(Cc1cccnc1)C(=O)c1nn(C)cc1CN1CCC(N)C1. The van der Waals surface area contributed by atoms with Crippen molar-refractivity contribution >= 4 is 5.91 Å². The zero-order valence-corrected chi connectivity index (χ0v) is 15.8. The maximum Gasteiger partial charge on any atom is 0.275 e. The summed E-state index contributed by atoms with van der Waals surface area (Å²) in [5.41, 5.74) is 8.52. The van der Waals surface area contributed by atoms with Crippen molar-refractivity contribution in [1.82, 2.24) is 24.6 Å². The third kappa shape index (κ3) is 4.28. The molecule has 0 bridgehead atoms. The van der Waals surface area contributed by atoms with Crippen LogP contribution in [0.2, 0.25) is 0 Å². The van der Waals surface area contributed by atoms with Gasteiger partial charge in [-0.3, -0.25) is 19.4 Å². The van der Waals surface area contributed by atoms with Gasteiger partial charge in [0.25, 0.3) is 5.91 Å². The number of likely N-dealkylation sites (tertiary alicyclic amines) is 1. The molecule has 2 aromatic heterocycles. The first-order chi connectivity index (χ1) is 12.4. The largest absolute Gasteiger partial charge is 0.330 e. The molecule has 3 rings (SSSR count). The van der Waals surface area contributed by atoms with Gasteiger partial charge in [0.15, 0.2) is 5.69 Å². The highest BCUT2D eigenvalue weighted by molar-refractivity contribution is 5.93. The van der Waals surface area contributed by atoms with Crippen LogP contribution in [0.4, 0.5) is 0 Å². The number of carbonyl (C=O) groups is 1. The van der Waals surface area contributed by atoms with Crippen LogP contribution in [0.3, 0.4) is 0 Å². The molecule has 2 N–H and O–H groups in total. The van der Waals surface area contributed by atoms with Crippen LogP contribution >= 0.6 is 0 Å². The molecule has 140 valence electrons. The summed E-state index contributed by atoms with van der Waals surface area (Å²) in [4.78, 5) is 21.5. The van der Waals surface area contributed by atoms with E-state index in [0.29, 0.717) is 18.8 Å². The van der Waals surface area contributed by atoms with Gasteiger partial charge in [-0.2, -0.15) is 5.10 Å². The van der Waals surface area contributed by atoms with E-state index in [1.54, 1.807) is 17.1 Å². The van der Waals surface area contributed by atoms with Gasteiger partial charge in [-0.05, 0) is 31.9 Å². The minimum Gasteiger partial charge on any atom is -0.330 e. The Bertz CT molecular complexity index is 742. The van der Waals surface area contributed by atoms with Crippen molar-refractivity contribution in [1.29, 1.82) is 0 Å². The average molecular weight is 356 g/mol. The molecule has 1 saturated heterocycles. The molecule has 1 amide bonds. The molecule has 0 radical (unpaired) electrons. The Balaban J connectivity index is 1.80. The number of rotatable bonds is 6. The van der Waals surface area contributed by atoms with E-state index in [-0.39, 0.29) is 18.0 Å². The maximum atomic E-state index is 13.2. The minimum absolute atomic E-state index is 0.0389. The molecule has 1 aliphatic rings. The van der Waals surface area contributed by atoms with Crippen molar-refractivity contribution in [3.8, 4) is 0 Å². The summed E-state index contributed by atoms with van der Waals surface area (Å²) in [5.74, 6) is -0.0389. The van der Waals surface area contributed by atoms with Crippen molar-refractivity contribution in [2.45, 2.75) is 45.4 Å². The lowest BCUT2D eigenvalue weighted by Gasteiger charge is -2.26. The second-order valence-corrected chi connectivity index (χ2v) is 7.35. The number of pyridine rings is 1. The number of amides is 1. The van der Waals surface area contributed by atoms with Gasteiger partial charge in [0.05, 0.1) is 0 Å². The summed E-state index contributed by atoms with van der Waals surface area (Å²) in [7, 11) is 1.86. The number of aryl methyl sites for hydroxylation is 1. The van der Waals surface area contributed by atoms with Gasteiger partial charge in [0.1, 0.15) is 0 Å². The number of carbonyl (C=O) groups excluding carboxylic acids is 1. The van der Waals surface area contributed by atoms with Crippen molar-refractivity contribution in [3.05, 3.63) is 47.5 Å². The van der Waals surface area contributed by atoms with E-state index >= 15 is 0 Å². The molecule has 0 aromatic carbocycles. The van der Waals surface area contributed by atoms with E-state index in [9.17, 15) is 4.79 Å². The normalized spacial score (nSPS) is 17.8. The topological polar surface area (TPSA) is 80.3 Å². The number of nitrogens with zero attached hydrogens (tertiary/aromatic N) is 5. The highest BCUT2D eigenvalue weighted by atomic mass is 16.2. The quantitative estimate of drug-likeness (QED) is 0.846. The van der Waals surface area contributed by atoms with E-state index in [0.717, 1.165) is 30.6 Å². The fraction of sp³-hybridized carbons (Fsp3) is 0.526. The van der Waals surface area contributed by atoms with Gasteiger partial charge in [0.2, 0.25) is 0 Å². The molecule has 1 atom stereocenters. The van der Waals surface area contributed by atoms with Gasteiger partial charge in [0, 0.05) is 69.5 Å². The summed E-state index contributed by atoms with van der Waals surface area (Å²) < 4.78 is 1.72.